The first-order valence-corrected chi connectivity index (χ1v) is 7.87. The topological polar surface area (TPSA) is 143 Å². The SMILES string of the molecule is CC(=O)Nc1ccc(OCCNCC(O)c2ccc(O)c(O)c2)cc1.Cl.O. The van der Waals surface area contributed by atoms with E-state index in [4.69, 9.17) is 4.74 Å². The lowest BCUT2D eigenvalue weighted by Crippen LogP contribution is -2.26. The van der Waals surface area contributed by atoms with Crippen LogP contribution in [0, 0.1) is 0 Å². The molecule has 1 amide bonds. The zero-order valence-corrected chi connectivity index (χ0v) is 15.6. The molecule has 0 fully saturated rings. The van der Waals surface area contributed by atoms with Gasteiger partial charge in [0.25, 0.3) is 0 Å². The van der Waals surface area contributed by atoms with Gasteiger partial charge in [-0.15, -0.1) is 12.4 Å². The maximum atomic E-state index is 10.9. The van der Waals surface area contributed by atoms with E-state index in [-0.39, 0.29) is 41.8 Å². The molecule has 8 nitrogen and oxygen atoms in total. The Morgan fingerprint density at radius 1 is 1.11 bits per heavy atom. The van der Waals surface area contributed by atoms with E-state index >= 15 is 0 Å². The molecule has 1 atom stereocenters. The molecule has 2 aromatic carbocycles. The number of halogens is 1. The van der Waals surface area contributed by atoms with Crippen molar-refractivity contribution >= 4 is 24.0 Å². The van der Waals surface area contributed by atoms with Crippen molar-refractivity contribution in [1.29, 1.82) is 0 Å². The standard InChI is InChI=1S/C18H22N2O5.ClH.H2O/c1-12(21)20-14-3-5-15(6-4-14)25-9-8-19-11-18(24)13-2-7-16(22)17(23)10-13;;/h2-7,10,18-19,22-24H,8-9,11H2,1H3,(H,20,21);1H;1H2. The van der Waals surface area contributed by atoms with E-state index in [9.17, 15) is 20.1 Å². The molecule has 0 spiro atoms. The molecule has 150 valence electrons. The number of anilines is 1. The number of ether oxygens (including phenoxy) is 1. The molecule has 0 aromatic heterocycles. The van der Waals surface area contributed by atoms with E-state index in [2.05, 4.69) is 10.6 Å². The number of phenolic OH excluding ortho intramolecular Hbond substituents is 2. The third-order valence-electron chi connectivity index (χ3n) is 3.44. The van der Waals surface area contributed by atoms with Crippen LogP contribution in [0.2, 0.25) is 0 Å². The van der Waals surface area contributed by atoms with Gasteiger partial charge in [-0.2, -0.15) is 0 Å². The number of aliphatic hydroxyl groups excluding tert-OH is 1. The average molecular weight is 401 g/mol. The highest BCUT2D eigenvalue weighted by atomic mass is 35.5. The third kappa shape index (κ3) is 8.14. The van der Waals surface area contributed by atoms with Crippen molar-refractivity contribution in [2.45, 2.75) is 13.0 Å². The first-order valence-electron chi connectivity index (χ1n) is 7.87. The van der Waals surface area contributed by atoms with Crippen molar-refractivity contribution in [3.8, 4) is 17.2 Å². The van der Waals surface area contributed by atoms with Crippen LogP contribution < -0.4 is 15.4 Å². The Bertz CT molecular complexity index is 711. The number of nitrogens with one attached hydrogen (secondary N) is 2. The summed E-state index contributed by atoms with van der Waals surface area (Å²) in [6.07, 6.45) is -0.802. The summed E-state index contributed by atoms with van der Waals surface area (Å²) >= 11 is 0. The maximum absolute atomic E-state index is 10.9. The number of aromatic hydroxyl groups is 2. The van der Waals surface area contributed by atoms with Gasteiger partial charge in [-0.3, -0.25) is 4.79 Å². The van der Waals surface area contributed by atoms with Crippen LogP contribution in [-0.4, -0.2) is 46.4 Å². The molecular formula is C18H25ClN2O6. The molecule has 0 aliphatic carbocycles. The molecule has 2 rings (SSSR count). The summed E-state index contributed by atoms with van der Waals surface area (Å²) in [4.78, 5) is 10.9. The molecule has 2 aromatic rings. The largest absolute Gasteiger partial charge is 0.504 e. The summed E-state index contributed by atoms with van der Waals surface area (Å²) < 4.78 is 5.56. The fourth-order valence-corrected chi connectivity index (χ4v) is 2.18. The van der Waals surface area contributed by atoms with Crippen molar-refractivity contribution in [3.05, 3.63) is 48.0 Å². The highest BCUT2D eigenvalue weighted by Crippen LogP contribution is 2.27. The van der Waals surface area contributed by atoms with Gasteiger partial charge in [0, 0.05) is 25.7 Å². The molecule has 1 unspecified atom stereocenters. The zero-order valence-electron chi connectivity index (χ0n) is 14.8. The molecule has 0 heterocycles. The summed E-state index contributed by atoms with van der Waals surface area (Å²) in [5.41, 5.74) is 1.22. The molecule has 0 aliphatic heterocycles. The van der Waals surface area contributed by atoms with E-state index in [1.807, 2.05) is 0 Å². The molecule has 0 aliphatic rings. The van der Waals surface area contributed by atoms with E-state index < -0.39 is 6.10 Å². The third-order valence-corrected chi connectivity index (χ3v) is 3.44. The summed E-state index contributed by atoms with van der Waals surface area (Å²) in [6.45, 7) is 2.67. The Balaban J connectivity index is 0.00000338. The van der Waals surface area contributed by atoms with Gasteiger partial charge < -0.3 is 36.2 Å². The number of benzene rings is 2. The summed E-state index contributed by atoms with van der Waals surface area (Å²) in [7, 11) is 0. The van der Waals surface area contributed by atoms with Crippen LogP contribution in [-0.2, 0) is 4.79 Å². The highest BCUT2D eigenvalue weighted by molar-refractivity contribution is 5.88. The van der Waals surface area contributed by atoms with E-state index in [0.29, 0.717) is 30.2 Å². The molecule has 9 heteroatoms. The number of carbonyl (C=O) groups excluding carboxylic acids is 1. The Labute approximate surface area is 163 Å². The molecule has 0 radical (unpaired) electrons. The fourth-order valence-electron chi connectivity index (χ4n) is 2.18. The Morgan fingerprint density at radius 2 is 1.78 bits per heavy atom. The van der Waals surface area contributed by atoms with Gasteiger partial charge in [0.1, 0.15) is 12.4 Å². The van der Waals surface area contributed by atoms with Crippen LogP contribution in [0.4, 0.5) is 5.69 Å². The predicted molar refractivity (Wildman–Crippen MR) is 105 cm³/mol. The van der Waals surface area contributed by atoms with E-state index in [0.717, 1.165) is 0 Å². The Hall–Kier alpha value is -2.52. The van der Waals surface area contributed by atoms with Crippen LogP contribution in [0.5, 0.6) is 17.2 Å². The summed E-state index contributed by atoms with van der Waals surface area (Å²) in [6, 6.07) is 11.3. The van der Waals surface area contributed by atoms with Crippen molar-refractivity contribution in [2.24, 2.45) is 0 Å². The number of amides is 1. The summed E-state index contributed by atoms with van der Waals surface area (Å²) in [5, 5.41) is 34.4. The summed E-state index contributed by atoms with van der Waals surface area (Å²) in [5.74, 6) is 0.0719. The molecule has 0 bridgehead atoms. The number of aliphatic hydroxyl groups is 1. The lowest BCUT2D eigenvalue weighted by Gasteiger charge is -2.13. The predicted octanol–water partition coefficient (Wildman–Crippen LogP) is 1.36. The van der Waals surface area contributed by atoms with Gasteiger partial charge in [0.05, 0.1) is 6.10 Å². The maximum Gasteiger partial charge on any atom is 0.221 e. The number of rotatable bonds is 8. The smallest absolute Gasteiger partial charge is 0.221 e. The quantitative estimate of drug-likeness (QED) is 0.334. The van der Waals surface area contributed by atoms with E-state index in [1.54, 1.807) is 30.3 Å². The van der Waals surface area contributed by atoms with Crippen molar-refractivity contribution < 1.29 is 30.3 Å². The van der Waals surface area contributed by atoms with Crippen LogP contribution in [0.1, 0.15) is 18.6 Å². The minimum absolute atomic E-state index is 0. The molecule has 0 saturated heterocycles. The molecule has 0 saturated carbocycles. The number of phenols is 2. The van der Waals surface area contributed by atoms with Gasteiger partial charge in [-0.1, -0.05) is 6.07 Å². The number of hydrogen-bond acceptors (Lipinski definition) is 6. The second-order valence-corrected chi connectivity index (χ2v) is 5.52. The lowest BCUT2D eigenvalue weighted by molar-refractivity contribution is -0.114. The number of hydrogen-bond donors (Lipinski definition) is 5. The minimum Gasteiger partial charge on any atom is -0.504 e. The van der Waals surface area contributed by atoms with Crippen molar-refractivity contribution in [2.75, 3.05) is 25.0 Å². The van der Waals surface area contributed by atoms with Crippen LogP contribution in [0.15, 0.2) is 42.5 Å². The van der Waals surface area contributed by atoms with Gasteiger partial charge in [-0.05, 0) is 42.0 Å². The number of carbonyl (C=O) groups is 1. The normalized spacial score (nSPS) is 10.9. The first-order chi connectivity index (χ1) is 12.0. The minimum atomic E-state index is -0.802. The first kappa shape index (κ1) is 24.5. The molecular weight excluding hydrogens is 376 g/mol. The molecule has 27 heavy (non-hydrogen) atoms. The van der Waals surface area contributed by atoms with Gasteiger partial charge >= 0.3 is 0 Å². The monoisotopic (exact) mass is 400 g/mol. The Kier molecular flexibility index (Phi) is 10.9. The average Bonchev–Trinajstić information content (AvgIpc) is 2.58. The van der Waals surface area contributed by atoms with Crippen molar-refractivity contribution in [1.82, 2.24) is 5.32 Å². The van der Waals surface area contributed by atoms with Gasteiger partial charge in [0.2, 0.25) is 5.91 Å². The van der Waals surface area contributed by atoms with Gasteiger partial charge in [-0.25, -0.2) is 0 Å². The van der Waals surface area contributed by atoms with Crippen LogP contribution >= 0.6 is 12.4 Å². The van der Waals surface area contributed by atoms with Crippen molar-refractivity contribution in [3.63, 3.8) is 0 Å². The fraction of sp³-hybridized carbons (Fsp3) is 0.278. The second kappa shape index (κ2) is 12.0. The van der Waals surface area contributed by atoms with Gasteiger partial charge in [0.15, 0.2) is 11.5 Å². The highest BCUT2D eigenvalue weighted by Gasteiger charge is 2.09. The molecule has 7 N–H and O–H groups in total. The zero-order chi connectivity index (χ0) is 18.2. The Morgan fingerprint density at radius 3 is 2.37 bits per heavy atom. The lowest BCUT2D eigenvalue weighted by atomic mass is 10.1. The van der Waals surface area contributed by atoms with Crippen LogP contribution in [0.3, 0.4) is 0 Å². The van der Waals surface area contributed by atoms with E-state index in [1.165, 1.54) is 19.1 Å². The second-order valence-electron chi connectivity index (χ2n) is 5.52. The van der Waals surface area contributed by atoms with Crippen LogP contribution in [0.25, 0.3) is 0 Å².